The van der Waals surface area contributed by atoms with E-state index in [1.807, 2.05) is 50.2 Å². The Balaban J connectivity index is 1.54. The smallest absolute Gasteiger partial charge is 0.312 e. The van der Waals surface area contributed by atoms with Crippen LogP contribution in [0.4, 0.5) is 0 Å². The molecule has 7 heteroatoms. The largest absolute Gasteiger partial charge is 0.457 e. The van der Waals surface area contributed by atoms with E-state index in [1.165, 1.54) is 6.26 Å². The van der Waals surface area contributed by atoms with Crippen molar-refractivity contribution in [1.29, 1.82) is 0 Å². The van der Waals surface area contributed by atoms with Gasteiger partial charge in [0.15, 0.2) is 6.61 Å². The van der Waals surface area contributed by atoms with Crippen molar-refractivity contribution < 1.29 is 23.5 Å². The van der Waals surface area contributed by atoms with E-state index in [4.69, 9.17) is 13.9 Å². The Kier molecular flexibility index (Phi) is 7.19. The van der Waals surface area contributed by atoms with Gasteiger partial charge >= 0.3 is 5.97 Å². The summed E-state index contributed by atoms with van der Waals surface area (Å²) in [6.07, 6.45) is 2.23. The predicted molar refractivity (Wildman–Crippen MR) is 111 cm³/mol. The van der Waals surface area contributed by atoms with Gasteiger partial charge in [0.1, 0.15) is 6.26 Å². The number of ether oxygens (including phenoxy) is 2. The average Bonchev–Trinajstić information content (AvgIpc) is 3.32. The standard InChI is InChI=1S/C23H26N2O5/c1-16-12-20(17(2)25(16)10-7-11-28-3)21(26)15-29-22(27)13-19-14-30-23(24-19)18-8-5-4-6-9-18/h4-6,8-9,12,14H,7,10-11,13,15H2,1-3H3. The third kappa shape index (κ3) is 5.24. The zero-order valence-electron chi connectivity index (χ0n) is 17.5. The van der Waals surface area contributed by atoms with Crippen molar-refractivity contribution in [2.45, 2.75) is 33.2 Å². The summed E-state index contributed by atoms with van der Waals surface area (Å²) in [6.45, 7) is 4.98. The average molecular weight is 410 g/mol. The van der Waals surface area contributed by atoms with Crippen LogP contribution in [0.2, 0.25) is 0 Å². The number of Topliss-reactive ketones (excluding diaryl/α,β-unsaturated/α-hetero) is 1. The second kappa shape index (κ2) is 10.0. The van der Waals surface area contributed by atoms with E-state index in [2.05, 4.69) is 9.55 Å². The van der Waals surface area contributed by atoms with Crippen molar-refractivity contribution in [1.82, 2.24) is 9.55 Å². The molecule has 0 bridgehead atoms. The van der Waals surface area contributed by atoms with Crippen LogP contribution >= 0.6 is 0 Å². The van der Waals surface area contributed by atoms with Crippen LogP contribution < -0.4 is 0 Å². The van der Waals surface area contributed by atoms with Gasteiger partial charge in [-0.25, -0.2) is 4.98 Å². The van der Waals surface area contributed by atoms with E-state index in [1.54, 1.807) is 7.11 Å². The van der Waals surface area contributed by atoms with Gasteiger partial charge in [-0.3, -0.25) is 9.59 Å². The third-order valence-electron chi connectivity index (χ3n) is 4.87. The lowest BCUT2D eigenvalue weighted by Crippen LogP contribution is -2.16. The molecule has 0 amide bonds. The summed E-state index contributed by atoms with van der Waals surface area (Å²) < 4.78 is 17.8. The number of oxazole rings is 1. The summed E-state index contributed by atoms with van der Waals surface area (Å²) in [4.78, 5) is 29.0. The summed E-state index contributed by atoms with van der Waals surface area (Å²) in [5.74, 6) is -0.305. The first kappa shape index (κ1) is 21.5. The van der Waals surface area contributed by atoms with Crippen molar-refractivity contribution in [3.8, 4) is 11.5 Å². The molecular formula is C23H26N2O5. The molecule has 2 aromatic heterocycles. The number of hydrogen-bond acceptors (Lipinski definition) is 6. The number of benzene rings is 1. The van der Waals surface area contributed by atoms with Crippen molar-refractivity contribution in [3.63, 3.8) is 0 Å². The van der Waals surface area contributed by atoms with Gasteiger partial charge in [-0.2, -0.15) is 0 Å². The maximum atomic E-state index is 12.6. The monoisotopic (exact) mass is 410 g/mol. The molecule has 0 spiro atoms. The van der Waals surface area contributed by atoms with Crippen LogP contribution in [0.1, 0.15) is 33.9 Å². The molecule has 0 N–H and O–H groups in total. The zero-order valence-corrected chi connectivity index (χ0v) is 17.5. The van der Waals surface area contributed by atoms with Gasteiger partial charge in [0.25, 0.3) is 0 Å². The predicted octanol–water partition coefficient (Wildman–Crippen LogP) is 3.77. The Morgan fingerprint density at radius 2 is 1.93 bits per heavy atom. The van der Waals surface area contributed by atoms with Gasteiger partial charge < -0.3 is 18.5 Å². The number of esters is 1. The number of rotatable bonds is 10. The first-order chi connectivity index (χ1) is 14.5. The van der Waals surface area contributed by atoms with Gasteiger partial charge in [0.05, 0.1) is 12.1 Å². The summed E-state index contributed by atoms with van der Waals surface area (Å²) in [6, 6.07) is 11.2. The maximum absolute atomic E-state index is 12.6. The molecule has 3 aromatic rings. The third-order valence-corrected chi connectivity index (χ3v) is 4.87. The zero-order chi connectivity index (χ0) is 21.5. The highest BCUT2D eigenvalue weighted by Crippen LogP contribution is 2.19. The highest BCUT2D eigenvalue weighted by atomic mass is 16.5. The van der Waals surface area contributed by atoms with Crippen LogP contribution in [0.15, 0.2) is 47.1 Å². The van der Waals surface area contributed by atoms with E-state index in [-0.39, 0.29) is 18.8 Å². The summed E-state index contributed by atoms with van der Waals surface area (Å²) in [5, 5.41) is 0. The lowest BCUT2D eigenvalue weighted by Gasteiger charge is -2.09. The molecule has 0 saturated carbocycles. The van der Waals surface area contributed by atoms with Crippen LogP contribution in [0.5, 0.6) is 0 Å². The minimum absolute atomic E-state index is 0.0559. The molecule has 1 aromatic carbocycles. The van der Waals surface area contributed by atoms with Gasteiger partial charge in [0.2, 0.25) is 11.7 Å². The summed E-state index contributed by atoms with van der Waals surface area (Å²) in [5.41, 5.74) is 3.73. The van der Waals surface area contributed by atoms with Crippen molar-refractivity contribution in [3.05, 3.63) is 65.3 Å². The molecule has 0 aliphatic carbocycles. The SMILES string of the molecule is COCCCn1c(C)cc(C(=O)COC(=O)Cc2coc(-c3ccccc3)n2)c1C. The fourth-order valence-electron chi connectivity index (χ4n) is 3.32. The molecule has 0 aliphatic heterocycles. The fraction of sp³-hybridized carbons (Fsp3) is 0.348. The minimum Gasteiger partial charge on any atom is -0.457 e. The Morgan fingerprint density at radius 3 is 2.67 bits per heavy atom. The van der Waals surface area contributed by atoms with Crippen LogP contribution in [0, 0.1) is 13.8 Å². The van der Waals surface area contributed by atoms with E-state index >= 15 is 0 Å². The minimum atomic E-state index is -0.523. The van der Waals surface area contributed by atoms with Gasteiger partial charge in [0, 0.05) is 42.8 Å². The molecule has 0 saturated heterocycles. The molecule has 3 rings (SSSR count). The van der Waals surface area contributed by atoms with E-state index < -0.39 is 5.97 Å². The molecule has 0 aliphatic rings. The first-order valence-electron chi connectivity index (χ1n) is 9.84. The molecule has 0 fully saturated rings. The molecule has 0 unspecified atom stereocenters. The Bertz CT molecular complexity index is 1000. The van der Waals surface area contributed by atoms with Crippen LogP contribution in [0.3, 0.4) is 0 Å². The second-order valence-electron chi connectivity index (χ2n) is 7.05. The normalized spacial score (nSPS) is 10.9. The lowest BCUT2D eigenvalue weighted by atomic mass is 10.1. The van der Waals surface area contributed by atoms with Crippen LogP contribution in [-0.4, -0.2) is 41.6 Å². The Hall–Kier alpha value is -3.19. The number of carbonyl (C=O) groups is 2. The van der Waals surface area contributed by atoms with Crippen molar-refractivity contribution >= 4 is 11.8 Å². The molecule has 158 valence electrons. The molecule has 7 nitrogen and oxygen atoms in total. The van der Waals surface area contributed by atoms with Crippen LogP contribution in [-0.2, 0) is 27.2 Å². The fourth-order valence-corrected chi connectivity index (χ4v) is 3.32. The van der Waals surface area contributed by atoms with Gasteiger partial charge in [-0.15, -0.1) is 0 Å². The number of hydrogen-bond donors (Lipinski definition) is 0. The highest BCUT2D eigenvalue weighted by molar-refractivity contribution is 5.99. The molecule has 0 radical (unpaired) electrons. The number of methoxy groups -OCH3 is 1. The van der Waals surface area contributed by atoms with E-state index in [9.17, 15) is 9.59 Å². The summed E-state index contributed by atoms with van der Waals surface area (Å²) in [7, 11) is 1.67. The topological polar surface area (TPSA) is 83.6 Å². The number of aryl methyl sites for hydroxylation is 1. The summed E-state index contributed by atoms with van der Waals surface area (Å²) >= 11 is 0. The molecular weight excluding hydrogens is 384 g/mol. The van der Waals surface area contributed by atoms with Crippen molar-refractivity contribution in [2.75, 3.05) is 20.3 Å². The first-order valence-corrected chi connectivity index (χ1v) is 9.84. The number of aromatic nitrogens is 2. The maximum Gasteiger partial charge on any atom is 0.312 e. The van der Waals surface area contributed by atoms with E-state index in [0.717, 1.165) is 29.9 Å². The number of ketones is 1. The lowest BCUT2D eigenvalue weighted by molar-refractivity contribution is -0.141. The van der Waals surface area contributed by atoms with Crippen LogP contribution in [0.25, 0.3) is 11.5 Å². The van der Waals surface area contributed by atoms with E-state index in [0.29, 0.717) is 23.8 Å². The molecule has 0 atom stereocenters. The van der Waals surface area contributed by atoms with Gasteiger partial charge in [-0.1, -0.05) is 18.2 Å². The molecule has 2 heterocycles. The highest BCUT2D eigenvalue weighted by Gasteiger charge is 2.18. The van der Waals surface area contributed by atoms with Crippen molar-refractivity contribution in [2.24, 2.45) is 0 Å². The number of nitrogens with zero attached hydrogens (tertiary/aromatic N) is 2. The van der Waals surface area contributed by atoms with Gasteiger partial charge in [-0.05, 0) is 38.5 Å². The number of carbonyl (C=O) groups excluding carboxylic acids is 2. The molecule has 30 heavy (non-hydrogen) atoms. The Labute approximate surface area is 175 Å². The quantitative estimate of drug-likeness (QED) is 0.287. The Morgan fingerprint density at radius 1 is 1.17 bits per heavy atom. The second-order valence-corrected chi connectivity index (χ2v) is 7.05.